The van der Waals surface area contributed by atoms with E-state index in [1.807, 2.05) is 0 Å². The van der Waals surface area contributed by atoms with Crippen molar-refractivity contribution in [2.75, 3.05) is 12.8 Å². The van der Waals surface area contributed by atoms with Gasteiger partial charge in [-0.25, -0.2) is 13.1 Å². The van der Waals surface area contributed by atoms with Crippen molar-refractivity contribution in [3.63, 3.8) is 0 Å². The average Bonchev–Trinajstić information content (AvgIpc) is 2.09. The van der Waals surface area contributed by atoms with Crippen molar-refractivity contribution in [3.05, 3.63) is 22.7 Å². The van der Waals surface area contributed by atoms with Gasteiger partial charge in [-0.2, -0.15) is 0 Å². The fourth-order valence-corrected chi connectivity index (χ4v) is 2.08. The van der Waals surface area contributed by atoms with Gasteiger partial charge in [0.15, 0.2) is 0 Å². The molecule has 4 nitrogen and oxygen atoms in total. The van der Waals surface area contributed by atoms with E-state index in [1.165, 1.54) is 25.2 Å². The molecule has 0 unspecified atom stereocenters. The Morgan fingerprint density at radius 2 is 2.08 bits per heavy atom. The second kappa shape index (κ2) is 3.65. The maximum absolute atomic E-state index is 11.3. The van der Waals surface area contributed by atoms with Gasteiger partial charge in [0.1, 0.15) is 0 Å². The highest BCUT2D eigenvalue weighted by atomic mass is 79.9. The number of nitrogens with two attached hydrogens (primary N) is 1. The van der Waals surface area contributed by atoms with Crippen molar-refractivity contribution >= 4 is 31.6 Å². The Morgan fingerprint density at radius 1 is 1.46 bits per heavy atom. The van der Waals surface area contributed by atoms with Crippen LogP contribution < -0.4 is 10.5 Å². The van der Waals surface area contributed by atoms with Gasteiger partial charge in [0.25, 0.3) is 0 Å². The van der Waals surface area contributed by atoms with E-state index in [0.29, 0.717) is 10.2 Å². The van der Waals surface area contributed by atoms with Crippen LogP contribution in [0.25, 0.3) is 0 Å². The predicted molar refractivity (Wildman–Crippen MR) is 54.8 cm³/mol. The van der Waals surface area contributed by atoms with Gasteiger partial charge in [-0.15, -0.1) is 0 Å². The van der Waals surface area contributed by atoms with Gasteiger partial charge >= 0.3 is 0 Å². The Hall–Kier alpha value is -0.590. The highest BCUT2D eigenvalue weighted by Gasteiger charge is 2.11. The molecule has 0 aliphatic rings. The fourth-order valence-electron chi connectivity index (χ4n) is 0.793. The number of halogens is 1. The summed E-state index contributed by atoms with van der Waals surface area (Å²) in [4.78, 5) is 0.191. The van der Waals surface area contributed by atoms with E-state index in [9.17, 15) is 8.42 Å². The molecule has 13 heavy (non-hydrogen) atoms. The van der Waals surface area contributed by atoms with Crippen LogP contribution in [0.1, 0.15) is 0 Å². The van der Waals surface area contributed by atoms with Crippen molar-refractivity contribution in [1.29, 1.82) is 0 Å². The first-order valence-electron chi connectivity index (χ1n) is 3.46. The summed E-state index contributed by atoms with van der Waals surface area (Å²) in [6.45, 7) is 0. The molecule has 1 rings (SSSR count). The number of hydrogen-bond acceptors (Lipinski definition) is 3. The molecular weight excluding hydrogens is 256 g/mol. The van der Waals surface area contributed by atoms with Crippen molar-refractivity contribution in [3.8, 4) is 0 Å². The van der Waals surface area contributed by atoms with Crippen molar-refractivity contribution < 1.29 is 8.42 Å². The highest BCUT2D eigenvalue weighted by molar-refractivity contribution is 9.10. The van der Waals surface area contributed by atoms with Gasteiger partial charge in [0.05, 0.1) is 4.90 Å². The number of hydrogen-bond donors (Lipinski definition) is 2. The molecule has 0 spiro atoms. The van der Waals surface area contributed by atoms with Crippen LogP contribution in [0.4, 0.5) is 5.69 Å². The first-order valence-corrected chi connectivity index (χ1v) is 5.73. The smallest absolute Gasteiger partial charge is 0.240 e. The first-order chi connectivity index (χ1) is 5.97. The van der Waals surface area contributed by atoms with Gasteiger partial charge < -0.3 is 5.73 Å². The molecule has 0 fully saturated rings. The molecular formula is C7H9BrN2O2S. The Morgan fingerprint density at radius 3 is 2.54 bits per heavy atom. The standard InChI is InChI=1S/C7H9BrN2O2S/c1-10-13(11,12)5-2-3-7(9)6(8)4-5/h2-4,10H,9H2,1H3. The quantitative estimate of drug-likeness (QED) is 0.781. The minimum Gasteiger partial charge on any atom is -0.398 e. The molecule has 1 aromatic rings. The van der Waals surface area contributed by atoms with E-state index in [-0.39, 0.29) is 4.90 Å². The molecule has 0 radical (unpaired) electrons. The van der Waals surface area contributed by atoms with Crippen LogP contribution in [0, 0.1) is 0 Å². The van der Waals surface area contributed by atoms with Gasteiger partial charge in [-0.3, -0.25) is 0 Å². The number of nitrogens with one attached hydrogen (secondary N) is 1. The number of sulfonamides is 1. The zero-order valence-electron chi connectivity index (χ0n) is 6.91. The van der Waals surface area contributed by atoms with Crippen LogP contribution >= 0.6 is 15.9 Å². The van der Waals surface area contributed by atoms with E-state index in [2.05, 4.69) is 20.7 Å². The summed E-state index contributed by atoms with van der Waals surface area (Å²) in [5, 5.41) is 0. The number of anilines is 1. The van der Waals surface area contributed by atoms with Crippen molar-refractivity contribution in [2.24, 2.45) is 0 Å². The van der Waals surface area contributed by atoms with Crippen LogP contribution in [0.3, 0.4) is 0 Å². The second-order valence-corrected chi connectivity index (χ2v) is 5.13. The van der Waals surface area contributed by atoms with Crippen molar-refractivity contribution in [1.82, 2.24) is 4.72 Å². The van der Waals surface area contributed by atoms with Crippen LogP contribution in [-0.4, -0.2) is 15.5 Å². The highest BCUT2D eigenvalue weighted by Crippen LogP contribution is 2.22. The molecule has 1 aromatic carbocycles. The maximum atomic E-state index is 11.3. The first kappa shape index (κ1) is 10.5. The molecule has 0 bridgehead atoms. The Kier molecular flexibility index (Phi) is 2.94. The normalized spacial score (nSPS) is 11.5. The maximum Gasteiger partial charge on any atom is 0.240 e. The molecule has 0 amide bonds. The SMILES string of the molecule is CNS(=O)(=O)c1ccc(N)c(Br)c1. The average molecular weight is 265 g/mol. The van der Waals surface area contributed by atoms with E-state index in [4.69, 9.17) is 5.73 Å². The lowest BCUT2D eigenvalue weighted by atomic mass is 10.3. The second-order valence-electron chi connectivity index (χ2n) is 2.39. The molecule has 0 heterocycles. The van der Waals surface area contributed by atoms with Gasteiger partial charge in [0.2, 0.25) is 10.0 Å². The summed E-state index contributed by atoms with van der Waals surface area (Å²) in [5.41, 5.74) is 6.02. The predicted octanol–water partition coefficient (Wildman–Crippen LogP) is 0.939. The number of benzene rings is 1. The van der Waals surface area contributed by atoms with E-state index < -0.39 is 10.0 Å². The Balaban J connectivity index is 3.27. The molecule has 0 aliphatic carbocycles. The number of nitrogen functional groups attached to an aromatic ring is 1. The summed E-state index contributed by atoms with van der Waals surface area (Å²) in [7, 11) is -2.01. The third-order valence-corrected chi connectivity index (χ3v) is 3.65. The molecule has 0 aliphatic heterocycles. The minimum atomic E-state index is -3.37. The van der Waals surface area contributed by atoms with Gasteiger partial charge in [-0.1, -0.05) is 0 Å². The van der Waals surface area contributed by atoms with E-state index >= 15 is 0 Å². The monoisotopic (exact) mass is 264 g/mol. The lowest BCUT2D eigenvalue weighted by Crippen LogP contribution is -2.18. The lowest BCUT2D eigenvalue weighted by molar-refractivity contribution is 0.588. The largest absolute Gasteiger partial charge is 0.398 e. The topological polar surface area (TPSA) is 72.2 Å². The lowest BCUT2D eigenvalue weighted by Gasteiger charge is -2.03. The third-order valence-electron chi connectivity index (χ3n) is 1.55. The van der Waals surface area contributed by atoms with Crippen LogP contribution in [-0.2, 0) is 10.0 Å². The summed E-state index contributed by atoms with van der Waals surface area (Å²) in [5.74, 6) is 0. The zero-order valence-corrected chi connectivity index (χ0v) is 9.31. The molecule has 0 atom stereocenters. The molecule has 0 saturated heterocycles. The van der Waals surface area contributed by atoms with Crippen LogP contribution in [0.15, 0.2) is 27.6 Å². The summed E-state index contributed by atoms with van der Waals surface area (Å²) < 4.78 is 25.4. The molecule has 0 saturated carbocycles. The Bertz CT molecular complexity index is 417. The summed E-state index contributed by atoms with van der Waals surface area (Å²) >= 11 is 3.15. The molecule has 6 heteroatoms. The van der Waals surface area contributed by atoms with Crippen LogP contribution in [0.2, 0.25) is 0 Å². The van der Waals surface area contributed by atoms with Gasteiger partial charge in [0, 0.05) is 10.2 Å². The van der Waals surface area contributed by atoms with Crippen LogP contribution in [0.5, 0.6) is 0 Å². The fraction of sp³-hybridized carbons (Fsp3) is 0.143. The third kappa shape index (κ3) is 2.20. The molecule has 3 N–H and O–H groups in total. The molecule has 72 valence electrons. The van der Waals surface area contributed by atoms with E-state index in [0.717, 1.165) is 0 Å². The van der Waals surface area contributed by atoms with E-state index in [1.54, 1.807) is 0 Å². The zero-order chi connectivity index (χ0) is 10.1. The Labute approximate surface area is 85.3 Å². The van der Waals surface area contributed by atoms with Gasteiger partial charge in [-0.05, 0) is 41.2 Å². The molecule has 0 aromatic heterocycles. The van der Waals surface area contributed by atoms with Crippen molar-refractivity contribution in [2.45, 2.75) is 4.90 Å². The number of rotatable bonds is 2. The minimum absolute atomic E-state index is 0.191. The summed E-state index contributed by atoms with van der Waals surface area (Å²) in [6.07, 6.45) is 0. The summed E-state index contributed by atoms with van der Waals surface area (Å²) in [6, 6.07) is 4.45.